The number of carboxylic acids is 1. The third-order valence-electron chi connectivity index (χ3n) is 3.05. The molecule has 102 valence electrons. The molecular weight excluding hydrogens is 276 g/mol. The number of hydrogen-bond donors (Lipinski definition) is 2. The van der Waals surface area contributed by atoms with Gasteiger partial charge in [0.1, 0.15) is 5.76 Å². The maximum Gasteiger partial charge on any atom is 0.371 e. The van der Waals surface area contributed by atoms with Crippen LogP contribution in [0.25, 0.3) is 10.2 Å². The minimum atomic E-state index is -1.05. The van der Waals surface area contributed by atoms with Gasteiger partial charge >= 0.3 is 5.97 Å². The largest absolute Gasteiger partial charge is 0.475 e. The van der Waals surface area contributed by atoms with E-state index in [0.29, 0.717) is 12.3 Å². The van der Waals surface area contributed by atoms with Crippen LogP contribution in [0, 0.1) is 6.92 Å². The maximum absolute atomic E-state index is 10.8. The molecule has 1 aromatic carbocycles. The highest BCUT2D eigenvalue weighted by Crippen LogP contribution is 2.23. The van der Waals surface area contributed by atoms with Gasteiger partial charge in [0.25, 0.3) is 0 Å². The molecule has 5 nitrogen and oxygen atoms in total. The van der Waals surface area contributed by atoms with E-state index >= 15 is 0 Å². The van der Waals surface area contributed by atoms with Crippen LogP contribution >= 0.6 is 11.3 Å². The first-order chi connectivity index (χ1) is 9.63. The molecule has 0 spiro atoms. The number of fused-ring (bicyclic) bond motifs is 1. The Balaban J connectivity index is 1.77. The molecule has 6 heteroatoms. The van der Waals surface area contributed by atoms with Crippen molar-refractivity contribution in [1.29, 1.82) is 0 Å². The van der Waals surface area contributed by atoms with E-state index in [2.05, 4.69) is 10.3 Å². The van der Waals surface area contributed by atoms with E-state index < -0.39 is 5.97 Å². The Hall–Kier alpha value is -2.34. The second-order valence-electron chi connectivity index (χ2n) is 4.39. The second-order valence-corrected chi connectivity index (χ2v) is 5.27. The highest BCUT2D eigenvalue weighted by molar-refractivity contribution is 7.16. The quantitative estimate of drug-likeness (QED) is 0.768. The number of nitrogens with zero attached hydrogens (tertiary/aromatic N) is 1. The zero-order valence-corrected chi connectivity index (χ0v) is 11.5. The molecule has 0 amide bonds. The van der Waals surface area contributed by atoms with Gasteiger partial charge in [-0.1, -0.05) is 0 Å². The summed E-state index contributed by atoms with van der Waals surface area (Å²) in [5.74, 6) is -0.462. The minimum Gasteiger partial charge on any atom is -0.475 e. The molecule has 0 unspecified atom stereocenters. The lowest BCUT2D eigenvalue weighted by Gasteiger charge is -2.05. The van der Waals surface area contributed by atoms with Crippen LogP contribution in [0.4, 0.5) is 5.69 Å². The van der Waals surface area contributed by atoms with Gasteiger partial charge in [-0.2, -0.15) is 0 Å². The van der Waals surface area contributed by atoms with E-state index in [4.69, 9.17) is 9.52 Å². The van der Waals surface area contributed by atoms with Crippen LogP contribution in [0.1, 0.15) is 21.9 Å². The Bertz CT molecular complexity index is 776. The molecule has 2 aromatic heterocycles. The molecule has 3 aromatic rings. The molecule has 0 saturated carbocycles. The fraction of sp³-hybridized carbons (Fsp3) is 0.143. The van der Waals surface area contributed by atoms with Crippen molar-refractivity contribution in [2.45, 2.75) is 13.5 Å². The van der Waals surface area contributed by atoms with Crippen molar-refractivity contribution in [1.82, 2.24) is 4.98 Å². The lowest BCUT2D eigenvalue weighted by atomic mass is 10.2. The maximum atomic E-state index is 10.8. The number of hydrogen-bond acceptors (Lipinski definition) is 5. The highest BCUT2D eigenvalue weighted by Gasteiger charge is 2.12. The third-order valence-corrected chi connectivity index (χ3v) is 3.84. The SMILES string of the molecule is Cc1oc(C(=O)O)cc1CNc1ccc2ncsc2c1. The fourth-order valence-electron chi connectivity index (χ4n) is 1.96. The van der Waals surface area contributed by atoms with Crippen molar-refractivity contribution in [2.24, 2.45) is 0 Å². The van der Waals surface area contributed by atoms with Crippen molar-refractivity contribution in [3.8, 4) is 0 Å². The predicted octanol–water partition coefficient (Wildman–Crippen LogP) is 3.51. The number of anilines is 1. The third kappa shape index (κ3) is 2.37. The lowest BCUT2D eigenvalue weighted by Crippen LogP contribution is -1.99. The van der Waals surface area contributed by atoms with Crippen LogP contribution in [-0.4, -0.2) is 16.1 Å². The molecule has 0 fully saturated rings. The van der Waals surface area contributed by atoms with E-state index in [1.165, 1.54) is 0 Å². The zero-order chi connectivity index (χ0) is 14.1. The first kappa shape index (κ1) is 12.7. The van der Waals surface area contributed by atoms with Gasteiger partial charge in [0.15, 0.2) is 0 Å². The number of aromatic carboxylic acids is 1. The molecule has 0 atom stereocenters. The number of nitrogens with one attached hydrogen (secondary N) is 1. The fourth-order valence-corrected chi connectivity index (χ4v) is 2.68. The summed E-state index contributed by atoms with van der Waals surface area (Å²) < 4.78 is 6.29. The van der Waals surface area contributed by atoms with E-state index in [-0.39, 0.29) is 5.76 Å². The first-order valence-electron chi connectivity index (χ1n) is 6.03. The van der Waals surface area contributed by atoms with Gasteiger partial charge < -0.3 is 14.8 Å². The number of carboxylic acid groups (broad SMARTS) is 1. The van der Waals surface area contributed by atoms with Gasteiger partial charge in [-0.25, -0.2) is 9.78 Å². The highest BCUT2D eigenvalue weighted by atomic mass is 32.1. The molecule has 0 aliphatic rings. The summed E-state index contributed by atoms with van der Waals surface area (Å²) in [7, 11) is 0. The Morgan fingerprint density at radius 2 is 2.30 bits per heavy atom. The molecule has 0 aliphatic carbocycles. The molecule has 3 rings (SSSR count). The smallest absolute Gasteiger partial charge is 0.371 e. The van der Waals surface area contributed by atoms with Crippen LogP contribution in [-0.2, 0) is 6.54 Å². The van der Waals surface area contributed by atoms with E-state index in [9.17, 15) is 4.79 Å². The standard InChI is InChI=1S/C14H12N2O3S/c1-8-9(4-12(19-8)14(17)18)6-15-10-2-3-11-13(5-10)20-7-16-11/h2-5,7,15H,6H2,1H3,(H,17,18). The van der Waals surface area contributed by atoms with Gasteiger partial charge in [-0.05, 0) is 31.2 Å². The minimum absolute atomic E-state index is 0.0304. The molecule has 0 aliphatic heterocycles. The monoisotopic (exact) mass is 288 g/mol. The molecule has 20 heavy (non-hydrogen) atoms. The Morgan fingerprint density at radius 1 is 1.45 bits per heavy atom. The Morgan fingerprint density at radius 3 is 3.05 bits per heavy atom. The van der Waals surface area contributed by atoms with Crippen molar-refractivity contribution in [3.63, 3.8) is 0 Å². The summed E-state index contributed by atoms with van der Waals surface area (Å²) in [5.41, 5.74) is 4.60. The van der Waals surface area contributed by atoms with Crippen molar-refractivity contribution >= 4 is 33.2 Å². The van der Waals surface area contributed by atoms with E-state index in [1.54, 1.807) is 24.3 Å². The number of aromatic nitrogens is 1. The number of furan rings is 1. The lowest BCUT2D eigenvalue weighted by molar-refractivity contribution is 0.0661. The topological polar surface area (TPSA) is 75.4 Å². The van der Waals surface area contributed by atoms with E-state index in [1.807, 2.05) is 23.7 Å². The van der Waals surface area contributed by atoms with Gasteiger partial charge in [-0.3, -0.25) is 0 Å². The molecular formula is C14H12N2O3S. The van der Waals surface area contributed by atoms with E-state index in [0.717, 1.165) is 21.5 Å². The summed E-state index contributed by atoms with van der Waals surface area (Å²) in [6.45, 7) is 2.28. The van der Waals surface area contributed by atoms with Crippen molar-refractivity contribution in [2.75, 3.05) is 5.32 Å². The number of rotatable bonds is 4. The number of thiazole rings is 1. The van der Waals surface area contributed by atoms with Crippen LogP contribution in [0.3, 0.4) is 0 Å². The zero-order valence-electron chi connectivity index (χ0n) is 10.7. The van der Waals surface area contributed by atoms with Crippen LogP contribution in [0.2, 0.25) is 0 Å². The summed E-state index contributed by atoms with van der Waals surface area (Å²) in [4.78, 5) is 15.1. The average Bonchev–Trinajstić information content (AvgIpc) is 3.02. The van der Waals surface area contributed by atoms with Crippen LogP contribution < -0.4 is 5.32 Å². The predicted molar refractivity (Wildman–Crippen MR) is 77.4 cm³/mol. The summed E-state index contributed by atoms with van der Waals surface area (Å²) >= 11 is 1.59. The molecule has 2 N–H and O–H groups in total. The molecule has 0 radical (unpaired) electrons. The molecule has 2 heterocycles. The van der Waals surface area contributed by atoms with Gasteiger partial charge in [-0.15, -0.1) is 11.3 Å². The Kier molecular flexibility index (Phi) is 3.15. The molecule has 0 saturated heterocycles. The van der Waals surface area contributed by atoms with Crippen molar-refractivity contribution in [3.05, 3.63) is 46.9 Å². The molecule has 0 bridgehead atoms. The first-order valence-corrected chi connectivity index (χ1v) is 6.91. The number of benzene rings is 1. The summed E-state index contributed by atoms with van der Waals surface area (Å²) in [6, 6.07) is 7.49. The van der Waals surface area contributed by atoms with Gasteiger partial charge in [0.05, 0.1) is 15.7 Å². The van der Waals surface area contributed by atoms with Crippen LogP contribution in [0.15, 0.2) is 34.2 Å². The Labute approximate surface area is 118 Å². The normalized spacial score (nSPS) is 10.8. The summed E-state index contributed by atoms with van der Waals surface area (Å²) in [6.07, 6.45) is 0. The van der Waals surface area contributed by atoms with Gasteiger partial charge in [0, 0.05) is 17.8 Å². The number of carbonyl (C=O) groups is 1. The number of aryl methyl sites for hydroxylation is 1. The average molecular weight is 288 g/mol. The van der Waals surface area contributed by atoms with Crippen LogP contribution in [0.5, 0.6) is 0 Å². The second kappa shape index (κ2) is 4.97. The summed E-state index contributed by atoms with van der Waals surface area (Å²) in [5, 5.41) is 12.1. The van der Waals surface area contributed by atoms with Gasteiger partial charge in [0.2, 0.25) is 5.76 Å². The van der Waals surface area contributed by atoms with Crippen molar-refractivity contribution < 1.29 is 14.3 Å².